The van der Waals surface area contributed by atoms with Crippen LogP contribution in [0, 0.1) is 5.92 Å². The van der Waals surface area contributed by atoms with Gasteiger partial charge in [0.2, 0.25) is 11.8 Å². The number of aromatic nitrogens is 4. The second-order valence-electron chi connectivity index (χ2n) is 7.96. The lowest BCUT2D eigenvalue weighted by Gasteiger charge is -2.44. The Bertz CT molecular complexity index is 689. The van der Waals surface area contributed by atoms with E-state index in [1.54, 1.807) is 16.7 Å². The van der Waals surface area contributed by atoms with Crippen LogP contribution >= 0.6 is 11.8 Å². The van der Waals surface area contributed by atoms with Gasteiger partial charge in [-0.3, -0.25) is 9.59 Å². The Labute approximate surface area is 156 Å². The van der Waals surface area contributed by atoms with Crippen molar-refractivity contribution in [3.63, 3.8) is 0 Å². The molecular formula is C16H25N7O2S. The van der Waals surface area contributed by atoms with Gasteiger partial charge in [-0.05, 0) is 43.0 Å². The fourth-order valence-electron chi connectivity index (χ4n) is 4.43. The highest BCUT2D eigenvalue weighted by Gasteiger charge is 2.63. The van der Waals surface area contributed by atoms with Crippen LogP contribution in [0.2, 0.25) is 0 Å². The monoisotopic (exact) mass is 379 g/mol. The number of β-lactam (4-membered cyclic amide) rings is 1. The molecule has 4 N–H and O–H groups in total. The average Bonchev–Trinajstić information content (AvgIpc) is 3.23. The van der Waals surface area contributed by atoms with Gasteiger partial charge in [-0.2, -0.15) is 0 Å². The minimum atomic E-state index is -0.536. The number of nitrogens with zero attached hydrogens (tertiary/aromatic N) is 4. The summed E-state index contributed by atoms with van der Waals surface area (Å²) in [5.41, 5.74) is 6.18. The second kappa shape index (κ2) is 6.49. The van der Waals surface area contributed by atoms with E-state index in [0.717, 1.165) is 25.7 Å². The van der Waals surface area contributed by atoms with Crippen LogP contribution in [0.4, 0.5) is 0 Å². The maximum Gasteiger partial charge on any atom is 0.249 e. The number of aromatic amines is 1. The van der Waals surface area contributed by atoms with Gasteiger partial charge in [0.1, 0.15) is 17.5 Å². The van der Waals surface area contributed by atoms with E-state index in [4.69, 9.17) is 5.73 Å². The lowest BCUT2D eigenvalue weighted by molar-refractivity contribution is -0.152. The molecule has 4 rings (SSSR count). The van der Waals surface area contributed by atoms with Crippen LogP contribution in [0.5, 0.6) is 0 Å². The molecule has 3 heterocycles. The van der Waals surface area contributed by atoms with Crippen molar-refractivity contribution in [3.8, 4) is 0 Å². The number of nitrogens with one attached hydrogen (secondary N) is 2. The SMILES string of the molecule is CC1(C)S[C@H]2C(NC(=O)C(N)C3CCCCC3)C(=O)N2C1c1nnn[nH]1. The molecule has 3 unspecified atom stereocenters. The van der Waals surface area contributed by atoms with Crippen molar-refractivity contribution in [1.82, 2.24) is 30.8 Å². The summed E-state index contributed by atoms with van der Waals surface area (Å²) < 4.78 is -0.257. The molecule has 10 heteroatoms. The standard InChI is InChI=1S/C16H25N7O2S/c1-16(2)11(12-19-21-22-20-12)23-14(25)10(15(23)26-16)18-13(24)9(17)8-6-4-3-5-7-8/h8-11,15H,3-7,17H2,1-2H3,(H,18,24)(H,19,20,21,22)/t9?,10?,11?,15-/m0/s1. The number of carbonyl (C=O) groups excluding carboxylic acids is 2. The minimum absolute atomic E-state index is 0.0985. The molecule has 1 aromatic heterocycles. The first-order valence-corrected chi connectivity index (χ1v) is 10.1. The largest absolute Gasteiger partial charge is 0.340 e. The number of hydrogen-bond donors (Lipinski definition) is 3. The third-order valence-corrected chi connectivity index (χ3v) is 7.39. The lowest BCUT2D eigenvalue weighted by atomic mass is 9.83. The molecule has 1 aromatic rings. The summed E-state index contributed by atoms with van der Waals surface area (Å²) in [5, 5.41) is 16.8. The molecular weight excluding hydrogens is 354 g/mol. The molecule has 142 valence electrons. The van der Waals surface area contributed by atoms with E-state index >= 15 is 0 Å². The minimum Gasteiger partial charge on any atom is -0.340 e. The predicted molar refractivity (Wildman–Crippen MR) is 95.7 cm³/mol. The van der Waals surface area contributed by atoms with Crippen LogP contribution in [0.3, 0.4) is 0 Å². The zero-order valence-electron chi connectivity index (χ0n) is 15.0. The van der Waals surface area contributed by atoms with E-state index in [1.165, 1.54) is 6.42 Å². The van der Waals surface area contributed by atoms with Crippen LogP contribution < -0.4 is 11.1 Å². The number of nitrogens with two attached hydrogens (primary N) is 1. The number of H-pyrrole nitrogens is 1. The molecule has 2 amide bonds. The van der Waals surface area contributed by atoms with Crippen LogP contribution in [0.1, 0.15) is 57.8 Å². The summed E-state index contributed by atoms with van der Waals surface area (Å²) in [7, 11) is 0. The number of carbonyl (C=O) groups is 2. The molecule has 3 fully saturated rings. The Morgan fingerprint density at radius 2 is 2.12 bits per heavy atom. The zero-order valence-corrected chi connectivity index (χ0v) is 15.8. The third kappa shape index (κ3) is 2.79. The number of tetrazole rings is 1. The van der Waals surface area contributed by atoms with Crippen molar-refractivity contribution in [2.75, 3.05) is 0 Å². The van der Waals surface area contributed by atoms with Crippen molar-refractivity contribution in [3.05, 3.63) is 5.82 Å². The quantitative estimate of drug-likeness (QED) is 0.643. The van der Waals surface area contributed by atoms with Crippen molar-refractivity contribution in [2.24, 2.45) is 11.7 Å². The zero-order chi connectivity index (χ0) is 18.5. The van der Waals surface area contributed by atoms with Crippen LogP contribution in [0.25, 0.3) is 0 Å². The number of thioether (sulfide) groups is 1. The summed E-state index contributed by atoms with van der Waals surface area (Å²) >= 11 is 1.66. The summed E-state index contributed by atoms with van der Waals surface area (Å²) in [5.74, 6) is 0.481. The Morgan fingerprint density at radius 3 is 2.77 bits per heavy atom. The van der Waals surface area contributed by atoms with Gasteiger partial charge in [0, 0.05) is 4.75 Å². The topological polar surface area (TPSA) is 130 Å². The Hall–Kier alpha value is -1.68. The normalized spacial score (nSPS) is 32.0. The van der Waals surface area contributed by atoms with Gasteiger partial charge < -0.3 is 16.0 Å². The highest BCUT2D eigenvalue weighted by molar-refractivity contribution is 8.01. The van der Waals surface area contributed by atoms with Crippen LogP contribution in [-0.4, -0.2) is 59.5 Å². The number of hydrogen-bond acceptors (Lipinski definition) is 7. The van der Waals surface area contributed by atoms with Gasteiger partial charge in [0.15, 0.2) is 5.82 Å². The Kier molecular flexibility index (Phi) is 4.42. The first kappa shape index (κ1) is 17.7. The van der Waals surface area contributed by atoms with E-state index in [2.05, 4.69) is 39.8 Å². The van der Waals surface area contributed by atoms with Gasteiger partial charge in [-0.25, -0.2) is 5.10 Å². The van der Waals surface area contributed by atoms with Crippen molar-refractivity contribution in [1.29, 1.82) is 0 Å². The third-order valence-electron chi connectivity index (χ3n) is 5.82. The average molecular weight is 379 g/mol. The fourth-order valence-corrected chi connectivity index (χ4v) is 6.07. The number of fused-ring (bicyclic) bond motifs is 1. The van der Waals surface area contributed by atoms with Crippen molar-refractivity contribution < 1.29 is 9.59 Å². The Balaban J connectivity index is 1.44. The number of rotatable bonds is 4. The van der Waals surface area contributed by atoms with Gasteiger partial charge in [0.25, 0.3) is 0 Å². The van der Waals surface area contributed by atoms with Crippen molar-refractivity contribution in [2.45, 2.75) is 74.2 Å². The molecule has 0 radical (unpaired) electrons. The maximum absolute atomic E-state index is 12.7. The van der Waals surface area contributed by atoms with Gasteiger partial charge in [-0.1, -0.05) is 19.3 Å². The molecule has 2 aliphatic heterocycles. The number of amides is 2. The molecule has 0 spiro atoms. The smallest absolute Gasteiger partial charge is 0.249 e. The van der Waals surface area contributed by atoms with E-state index in [0.29, 0.717) is 5.82 Å². The summed E-state index contributed by atoms with van der Waals surface area (Å²) in [6, 6.07) is -1.30. The molecule has 1 saturated carbocycles. The molecule has 2 saturated heterocycles. The molecule has 0 aromatic carbocycles. The highest BCUT2D eigenvalue weighted by atomic mass is 32.2. The molecule has 1 aliphatic carbocycles. The lowest BCUT2D eigenvalue weighted by Crippen LogP contribution is -2.69. The molecule has 4 atom stereocenters. The molecule has 3 aliphatic rings. The fraction of sp³-hybridized carbons (Fsp3) is 0.812. The van der Waals surface area contributed by atoms with Crippen LogP contribution in [0.15, 0.2) is 0 Å². The molecule has 26 heavy (non-hydrogen) atoms. The van der Waals surface area contributed by atoms with E-state index in [1.807, 2.05) is 0 Å². The van der Waals surface area contributed by atoms with E-state index in [9.17, 15) is 9.59 Å². The molecule has 0 bridgehead atoms. The van der Waals surface area contributed by atoms with E-state index in [-0.39, 0.29) is 33.9 Å². The van der Waals surface area contributed by atoms with Crippen molar-refractivity contribution >= 4 is 23.6 Å². The molecule has 9 nitrogen and oxygen atoms in total. The van der Waals surface area contributed by atoms with Gasteiger partial charge in [-0.15, -0.1) is 16.9 Å². The van der Waals surface area contributed by atoms with Crippen LogP contribution in [-0.2, 0) is 9.59 Å². The summed E-state index contributed by atoms with van der Waals surface area (Å²) in [6.07, 6.45) is 5.45. The van der Waals surface area contributed by atoms with Gasteiger partial charge in [0.05, 0.1) is 6.04 Å². The second-order valence-corrected chi connectivity index (χ2v) is 9.73. The van der Waals surface area contributed by atoms with E-state index < -0.39 is 12.1 Å². The Morgan fingerprint density at radius 1 is 1.38 bits per heavy atom. The maximum atomic E-state index is 12.7. The first-order chi connectivity index (χ1) is 12.4. The summed E-state index contributed by atoms with van der Waals surface area (Å²) in [4.78, 5) is 27.1. The predicted octanol–water partition coefficient (Wildman–Crippen LogP) is 0.327. The van der Waals surface area contributed by atoms with Gasteiger partial charge >= 0.3 is 0 Å². The first-order valence-electron chi connectivity index (χ1n) is 9.20. The highest BCUT2D eigenvalue weighted by Crippen LogP contribution is 2.56. The summed E-state index contributed by atoms with van der Waals surface area (Å²) in [6.45, 7) is 4.12.